The molecule has 0 aliphatic heterocycles. The molecule has 0 bridgehead atoms. The summed E-state index contributed by atoms with van der Waals surface area (Å²) in [6.45, 7) is 3.25. The van der Waals surface area contributed by atoms with Gasteiger partial charge in [-0.25, -0.2) is 4.79 Å². The Hall–Kier alpha value is -2.89. The number of hydrogen-bond acceptors (Lipinski definition) is 4. The summed E-state index contributed by atoms with van der Waals surface area (Å²) in [6, 6.07) is 12.5. The van der Waals surface area contributed by atoms with Crippen molar-refractivity contribution in [2.24, 2.45) is 0 Å². The number of phenols is 1. The van der Waals surface area contributed by atoms with Crippen LogP contribution in [0.2, 0.25) is 0 Å². The number of hydrogen-bond donors (Lipinski definition) is 2. The predicted molar refractivity (Wildman–Crippen MR) is 96.0 cm³/mol. The summed E-state index contributed by atoms with van der Waals surface area (Å²) in [5.74, 6) is 1.23. The molecule has 0 aliphatic carbocycles. The van der Waals surface area contributed by atoms with Crippen LogP contribution in [-0.4, -0.2) is 36.8 Å². The van der Waals surface area contributed by atoms with E-state index in [9.17, 15) is 9.90 Å². The molecule has 2 amide bonds. The molecule has 0 spiro atoms. The Morgan fingerprint density at radius 2 is 1.96 bits per heavy atom. The van der Waals surface area contributed by atoms with E-state index in [2.05, 4.69) is 5.32 Å². The first-order valence-corrected chi connectivity index (χ1v) is 8.10. The van der Waals surface area contributed by atoms with Crippen LogP contribution >= 0.6 is 0 Å². The number of carbonyl (C=O) groups is 1. The van der Waals surface area contributed by atoms with Crippen molar-refractivity contribution in [1.82, 2.24) is 10.2 Å². The highest BCUT2D eigenvalue weighted by Crippen LogP contribution is 2.26. The molecule has 0 fully saturated rings. The number of amides is 2. The molecule has 0 aromatic heterocycles. The van der Waals surface area contributed by atoms with Crippen molar-refractivity contribution in [3.8, 4) is 17.2 Å². The lowest BCUT2D eigenvalue weighted by Gasteiger charge is -2.19. The maximum Gasteiger partial charge on any atom is 0.317 e. The van der Waals surface area contributed by atoms with Crippen molar-refractivity contribution in [3.05, 3.63) is 53.6 Å². The zero-order valence-electron chi connectivity index (χ0n) is 14.8. The first-order chi connectivity index (χ1) is 12.0. The Bertz CT molecular complexity index is 718. The summed E-state index contributed by atoms with van der Waals surface area (Å²) in [7, 11) is 3.19. The molecule has 6 nitrogen and oxygen atoms in total. The van der Waals surface area contributed by atoms with Gasteiger partial charge >= 0.3 is 6.03 Å². The number of para-hydroxylation sites is 1. The second-order valence-corrected chi connectivity index (χ2v) is 5.56. The molecule has 0 unspecified atom stereocenters. The van der Waals surface area contributed by atoms with Crippen molar-refractivity contribution < 1.29 is 19.4 Å². The summed E-state index contributed by atoms with van der Waals surface area (Å²) in [5, 5.41) is 12.7. The molecule has 0 aliphatic rings. The highest BCUT2D eigenvalue weighted by atomic mass is 16.5. The van der Waals surface area contributed by atoms with Crippen LogP contribution in [0.5, 0.6) is 17.2 Å². The average Bonchev–Trinajstić information content (AvgIpc) is 2.61. The van der Waals surface area contributed by atoms with Gasteiger partial charge in [-0.2, -0.15) is 0 Å². The number of urea groups is 1. The number of phenolic OH excluding ortho intramolecular Hbond substituents is 1. The molecule has 2 aromatic carbocycles. The van der Waals surface area contributed by atoms with Gasteiger partial charge in [0.05, 0.1) is 13.7 Å². The molecule has 2 rings (SSSR count). The Labute approximate surface area is 148 Å². The van der Waals surface area contributed by atoms with Gasteiger partial charge in [0.1, 0.15) is 5.75 Å². The molecule has 0 radical (unpaired) electrons. The monoisotopic (exact) mass is 344 g/mol. The van der Waals surface area contributed by atoms with Crippen molar-refractivity contribution in [2.75, 3.05) is 20.8 Å². The number of benzene rings is 2. The Morgan fingerprint density at radius 1 is 1.20 bits per heavy atom. The van der Waals surface area contributed by atoms with Crippen LogP contribution in [0, 0.1) is 0 Å². The maximum absolute atomic E-state index is 12.3. The van der Waals surface area contributed by atoms with E-state index in [0.29, 0.717) is 25.4 Å². The van der Waals surface area contributed by atoms with Crippen molar-refractivity contribution >= 4 is 6.03 Å². The number of carbonyl (C=O) groups excluding carboxylic acids is 1. The molecule has 0 saturated carbocycles. The van der Waals surface area contributed by atoms with E-state index in [4.69, 9.17) is 9.47 Å². The zero-order chi connectivity index (χ0) is 18.2. The van der Waals surface area contributed by atoms with E-state index in [-0.39, 0.29) is 11.8 Å². The van der Waals surface area contributed by atoms with Crippen LogP contribution in [0.3, 0.4) is 0 Å². The van der Waals surface area contributed by atoms with Crippen LogP contribution in [-0.2, 0) is 13.1 Å². The van der Waals surface area contributed by atoms with E-state index >= 15 is 0 Å². The molecule has 2 N–H and O–H groups in total. The van der Waals surface area contributed by atoms with Gasteiger partial charge in [0.25, 0.3) is 0 Å². The van der Waals surface area contributed by atoms with Gasteiger partial charge in [-0.05, 0) is 30.7 Å². The number of methoxy groups -OCH3 is 1. The number of nitrogens with one attached hydrogen (secondary N) is 1. The Morgan fingerprint density at radius 3 is 2.64 bits per heavy atom. The lowest BCUT2D eigenvalue weighted by atomic mass is 10.2. The average molecular weight is 344 g/mol. The first-order valence-electron chi connectivity index (χ1n) is 8.10. The lowest BCUT2D eigenvalue weighted by Crippen LogP contribution is -2.36. The van der Waals surface area contributed by atoms with Gasteiger partial charge in [0.2, 0.25) is 0 Å². The standard InChI is InChI=1S/C19H24N2O4/c1-4-25-17-8-6-5-7-15(17)12-20-19(23)21(2)13-14-9-10-18(24-3)16(22)11-14/h5-11,22H,4,12-13H2,1-3H3,(H,20,23). The third-order valence-corrected chi connectivity index (χ3v) is 3.71. The minimum absolute atomic E-state index is 0.0550. The second kappa shape index (κ2) is 8.82. The van der Waals surface area contributed by atoms with Gasteiger partial charge in [-0.1, -0.05) is 24.3 Å². The molecular weight excluding hydrogens is 320 g/mol. The fraction of sp³-hybridized carbons (Fsp3) is 0.316. The number of nitrogens with zero attached hydrogens (tertiary/aromatic N) is 1. The van der Waals surface area contributed by atoms with Crippen LogP contribution in [0.25, 0.3) is 0 Å². The second-order valence-electron chi connectivity index (χ2n) is 5.56. The van der Waals surface area contributed by atoms with Gasteiger partial charge in [-0.15, -0.1) is 0 Å². The predicted octanol–water partition coefficient (Wildman–Crippen LogP) is 3.14. The van der Waals surface area contributed by atoms with Crippen LogP contribution in [0.15, 0.2) is 42.5 Å². The summed E-state index contributed by atoms with van der Waals surface area (Å²) < 4.78 is 10.6. The van der Waals surface area contributed by atoms with Crippen molar-refractivity contribution in [1.29, 1.82) is 0 Å². The Balaban J connectivity index is 1.93. The number of aromatic hydroxyl groups is 1. The van der Waals surface area contributed by atoms with Crippen LogP contribution in [0.4, 0.5) is 4.79 Å². The summed E-state index contributed by atoms with van der Waals surface area (Å²) in [6.07, 6.45) is 0. The van der Waals surface area contributed by atoms with E-state index < -0.39 is 0 Å². The quantitative estimate of drug-likeness (QED) is 0.809. The molecule has 25 heavy (non-hydrogen) atoms. The largest absolute Gasteiger partial charge is 0.504 e. The zero-order valence-corrected chi connectivity index (χ0v) is 14.8. The molecule has 0 atom stereocenters. The highest BCUT2D eigenvalue weighted by molar-refractivity contribution is 5.74. The van der Waals surface area contributed by atoms with Gasteiger partial charge in [0, 0.05) is 25.7 Å². The van der Waals surface area contributed by atoms with Gasteiger partial charge in [-0.3, -0.25) is 0 Å². The van der Waals surface area contributed by atoms with E-state index in [0.717, 1.165) is 16.9 Å². The Kier molecular flexibility index (Phi) is 6.51. The third-order valence-electron chi connectivity index (χ3n) is 3.71. The molecule has 0 saturated heterocycles. The van der Waals surface area contributed by atoms with E-state index in [1.165, 1.54) is 7.11 Å². The van der Waals surface area contributed by atoms with Crippen molar-refractivity contribution in [3.63, 3.8) is 0 Å². The SMILES string of the molecule is CCOc1ccccc1CNC(=O)N(C)Cc1ccc(OC)c(O)c1. The molecule has 2 aromatic rings. The number of rotatable bonds is 7. The fourth-order valence-electron chi connectivity index (χ4n) is 2.43. The number of ether oxygens (including phenoxy) is 2. The highest BCUT2D eigenvalue weighted by Gasteiger charge is 2.11. The summed E-state index contributed by atoms with van der Waals surface area (Å²) >= 11 is 0. The molecule has 0 heterocycles. The maximum atomic E-state index is 12.3. The first kappa shape index (κ1) is 18.4. The van der Waals surface area contributed by atoms with Crippen molar-refractivity contribution in [2.45, 2.75) is 20.0 Å². The molecular formula is C19H24N2O4. The molecule has 134 valence electrons. The summed E-state index contributed by atoms with van der Waals surface area (Å²) in [5.41, 5.74) is 1.74. The van der Waals surface area contributed by atoms with Crippen LogP contribution in [0.1, 0.15) is 18.1 Å². The van der Waals surface area contributed by atoms with Gasteiger partial charge < -0.3 is 24.8 Å². The molecule has 6 heteroatoms. The topological polar surface area (TPSA) is 71.0 Å². The van der Waals surface area contributed by atoms with E-state index in [1.54, 1.807) is 24.1 Å². The lowest BCUT2D eigenvalue weighted by molar-refractivity contribution is 0.206. The summed E-state index contributed by atoms with van der Waals surface area (Å²) in [4.78, 5) is 13.8. The normalized spacial score (nSPS) is 10.2. The third kappa shape index (κ3) is 5.04. The fourth-order valence-corrected chi connectivity index (χ4v) is 2.43. The van der Waals surface area contributed by atoms with Gasteiger partial charge in [0.15, 0.2) is 11.5 Å². The van der Waals surface area contributed by atoms with Crippen LogP contribution < -0.4 is 14.8 Å². The minimum atomic E-state index is -0.207. The van der Waals surface area contributed by atoms with E-state index in [1.807, 2.05) is 37.3 Å². The smallest absolute Gasteiger partial charge is 0.317 e. The minimum Gasteiger partial charge on any atom is -0.504 e.